The number of rotatable bonds is 7. The number of para-hydroxylation sites is 1. The van der Waals surface area contributed by atoms with E-state index in [0.717, 1.165) is 16.1 Å². The highest BCUT2D eigenvalue weighted by Crippen LogP contribution is 2.35. The van der Waals surface area contributed by atoms with Crippen molar-refractivity contribution >= 4 is 34.6 Å². The number of nitrogens with one attached hydrogen (secondary N) is 1. The Bertz CT molecular complexity index is 939. The third kappa shape index (κ3) is 4.78. The number of hydrogen-bond donors (Lipinski definition) is 1. The van der Waals surface area contributed by atoms with Gasteiger partial charge in [-0.2, -0.15) is 0 Å². The quantitative estimate of drug-likeness (QED) is 0.592. The summed E-state index contributed by atoms with van der Waals surface area (Å²) in [5.41, 5.74) is 2.41. The number of ether oxygens (including phenoxy) is 1. The van der Waals surface area contributed by atoms with Crippen LogP contribution in [-0.4, -0.2) is 32.1 Å². The number of esters is 1. The van der Waals surface area contributed by atoms with Crippen molar-refractivity contribution in [3.05, 3.63) is 71.6 Å². The zero-order valence-electron chi connectivity index (χ0n) is 15.8. The molecule has 1 N–H and O–H groups in total. The van der Waals surface area contributed by atoms with Crippen LogP contribution in [0, 0.1) is 0 Å². The highest BCUT2D eigenvalue weighted by atomic mass is 32.1. The van der Waals surface area contributed by atoms with Crippen LogP contribution in [0.3, 0.4) is 0 Å². The molecular formula is C22H22N2O3S. The Balaban J connectivity index is 1.80. The van der Waals surface area contributed by atoms with Crippen molar-refractivity contribution in [3.8, 4) is 10.4 Å². The van der Waals surface area contributed by atoms with Gasteiger partial charge in [0.1, 0.15) is 4.88 Å². The minimum absolute atomic E-state index is 0.169. The van der Waals surface area contributed by atoms with E-state index in [4.69, 9.17) is 4.74 Å². The fraction of sp³-hybridized carbons (Fsp3) is 0.182. The first-order valence-corrected chi connectivity index (χ1v) is 9.82. The van der Waals surface area contributed by atoms with Crippen molar-refractivity contribution in [3.63, 3.8) is 0 Å². The molecule has 0 bridgehead atoms. The molecule has 5 nitrogen and oxygen atoms in total. The van der Waals surface area contributed by atoms with Gasteiger partial charge in [0.15, 0.2) is 0 Å². The first-order chi connectivity index (χ1) is 13.6. The Hall–Kier alpha value is -3.12. The molecule has 2 aromatic carbocycles. The van der Waals surface area contributed by atoms with Crippen molar-refractivity contribution in [2.75, 3.05) is 30.4 Å². The number of benzene rings is 2. The summed E-state index contributed by atoms with van der Waals surface area (Å²) in [6.07, 6.45) is 0. The van der Waals surface area contributed by atoms with Crippen molar-refractivity contribution < 1.29 is 14.3 Å². The van der Waals surface area contributed by atoms with Crippen LogP contribution in [0.1, 0.15) is 16.6 Å². The molecule has 1 heterocycles. The number of thiophene rings is 1. The van der Waals surface area contributed by atoms with Gasteiger partial charge in [0, 0.05) is 17.6 Å². The lowest BCUT2D eigenvalue weighted by molar-refractivity contribution is -0.114. The van der Waals surface area contributed by atoms with Crippen molar-refractivity contribution in [1.82, 2.24) is 0 Å². The molecule has 144 valence electrons. The lowest BCUT2D eigenvalue weighted by atomic mass is 10.2. The Morgan fingerprint density at radius 1 is 1.04 bits per heavy atom. The molecule has 3 rings (SSSR count). The van der Waals surface area contributed by atoms with E-state index in [1.165, 1.54) is 11.3 Å². The maximum absolute atomic E-state index is 12.6. The van der Waals surface area contributed by atoms with Crippen molar-refractivity contribution in [2.24, 2.45) is 0 Å². The molecule has 0 saturated carbocycles. The van der Waals surface area contributed by atoms with Gasteiger partial charge >= 0.3 is 5.97 Å². The fourth-order valence-corrected chi connectivity index (χ4v) is 3.77. The van der Waals surface area contributed by atoms with Crippen LogP contribution < -0.4 is 10.2 Å². The summed E-state index contributed by atoms with van der Waals surface area (Å²) in [6, 6.07) is 21.2. The van der Waals surface area contributed by atoms with Gasteiger partial charge in [-0.25, -0.2) is 4.79 Å². The van der Waals surface area contributed by atoms with Gasteiger partial charge in [-0.05, 0) is 30.7 Å². The Labute approximate surface area is 168 Å². The topological polar surface area (TPSA) is 58.6 Å². The smallest absolute Gasteiger partial charge is 0.350 e. The van der Waals surface area contributed by atoms with Gasteiger partial charge in [-0.15, -0.1) is 11.3 Å². The standard InChI is InChI=1S/C22H22N2O3S/c1-3-27-22(26)21-18(14-19(28-21)16-10-6-4-7-11-16)23-20(25)15-24(2)17-12-8-5-9-13-17/h4-14H,3,15H2,1-2H3,(H,23,25). The summed E-state index contributed by atoms with van der Waals surface area (Å²) in [5, 5.41) is 2.87. The van der Waals surface area contributed by atoms with Crippen molar-refractivity contribution in [1.29, 1.82) is 0 Å². The molecule has 3 aromatic rings. The molecule has 1 amide bonds. The second-order valence-corrected chi connectivity index (χ2v) is 7.23. The van der Waals surface area contributed by atoms with E-state index in [9.17, 15) is 9.59 Å². The largest absolute Gasteiger partial charge is 0.462 e. The van der Waals surface area contributed by atoms with Crippen molar-refractivity contribution in [2.45, 2.75) is 6.92 Å². The van der Waals surface area contributed by atoms with Crippen LogP contribution in [0.2, 0.25) is 0 Å². The van der Waals surface area contributed by atoms with Crippen LogP contribution in [0.25, 0.3) is 10.4 Å². The lowest BCUT2D eigenvalue weighted by Crippen LogP contribution is -2.30. The third-order valence-corrected chi connectivity index (χ3v) is 5.27. The highest BCUT2D eigenvalue weighted by molar-refractivity contribution is 7.18. The van der Waals surface area contributed by atoms with E-state index < -0.39 is 5.97 Å². The maximum Gasteiger partial charge on any atom is 0.350 e. The number of likely N-dealkylation sites (N-methyl/N-ethyl adjacent to an activating group) is 1. The molecule has 28 heavy (non-hydrogen) atoms. The summed E-state index contributed by atoms with van der Waals surface area (Å²) in [7, 11) is 1.85. The summed E-state index contributed by atoms with van der Waals surface area (Å²) in [6.45, 7) is 2.21. The molecule has 1 aromatic heterocycles. The van der Waals surface area contributed by atoms with Crippen LogP contribution in [0.5, 0.6) is 0 Å². The molecule has 0 aliphatic carbocycles. The summed E-state index contributed by atoms with van der Waals surface area (Å²) in [5.74, 6) is -0.629. The van der Waals surface area contributed by atoms with Gasteiger partial charge in [-0.1, -0.05) is 48.5 Å². The molecule has 0 radical (unpaired) electrons. The molecule has 0 spiro atoms. The van der Waals surface area contributed by atoms with E-state index in [2.05, 4.69) is 5.32 Å². The number of amides is 1. The fourth-order valence-electron chi connectivity index (χ4n) is 2.76. The van der Waals surface area contributed by atoms with Crippen LogP contribution >= 0.6 is 11.3 Å². The average molecular weight is 394 g/mol. The molecule has 0 unspecified atom stereocenters. The average Bonchev–Trinajstić information content (AvgIpc) is 3.13. The molecule has 0 fully saturated rings. The normalized spacial score (nSPS) is 10.4. The van der Waals surface area contributed by atoms with Gasteiger partial charge in [0.05, 0.1) is 18.8 Å². The zero-order valence-corrected chi connectivity index (χ0v) is 16.7. The van der Waals surface area contributed by atoms with Crippen LogP contribution in [0.4, 0.5) is 11.4 Å². The number of hydrogen-bond acceptors (Lipinski definition) is 5. The van der Waals surface area contributed by atoms with Gasteiger partial charge in [0.25, 0.3) is 0 Å². The van der Waals surface area contributed by atoms with Crippen LogP contribution in [-0.2, 0) is 9.53 Å². The first-order valence-electron chi connectivity index (χ1n) is 9.01. The third-order valence-electron chi connectivity index (χ3n) is 4.10. The van der Waals surface area contributed by atoms with Gasteiger partial charge in [0.2, 0.25) is 5.91 Å². The summed E-state index contributed by atoms with van der Waals surface area (Å²) in [4.78, 5) is 28.1. The van der Waals surface area contributed by atoms with E-state index in [0.29, 0.717) is 10.6 Å². The first kappa shape index (κ1) is 19.6. The predicted octanol–water partition coefficient (Wildman–Crippen LogP) is 4.67. The number of anilines is 2. The van der Waals surface area contributed by atoms with Crippen LogP contribution in [0.15, 0.2) is 66.7 Å². The summed E-state index contributed by atoms with van der Waals surface area (Å²) >= 11 is 1.32. The minimum Gasteiger partial charge on any atom is -0.462 e. The molecule has 6 heteroatoms. The van der Waals surface area contributed by atoms with E-state index in [1.807, 2.05) is 78.7 Å². The highest BCUT2D eigenvalue weighted by Gasteiger charge is 2.20. The molecular weight excluding hydrogens is 372 g/mol. The second-order valence-electron chi connectivity index (χ2n) is 6.18. The zero-order chi connectivity index (χ0) is 19.9. The number of carbonyl (C=O) groups excluding carboxylic acids is 2. The molecule has 0 saturated heterocycles. The molecule has 0 aliphatic heterocycles. The monoisotopic (exact) mass is 394 g/mol. The minimum atomic E-state index is -0.429. The Kier molecular flexibility index (Phi) is 6.45. The molecule has 0 aliphatic rings. The van der Waals surface area contributed by atoms with E-state index in [-0.39, 0.29) is 19.1 Å². The van der Waals surface area contributed by atoms with E-state index >= 15 is 0 Å². The van der Waals surface area contributed by atoms with Gasteiger partial charge < -0.3 is 15.0 Å². The van der Waals surface area contributed by atoms with E-state index in [1.54, 1.807) is 6.92 Å². The Morgan fingerprint density at radius 2 is 1.68 bits per heavy atom. The lowest BCUT2D eigenvalue weighted by Gasteiger charge is -2.18. The molecule has 0 atom stereocenters. The SMILES string of the molecule is CCOC(=O)c1sc(-c2ccccc2)cc1NC(=O)CN(C)c1ccccc1. The predicted molar refractivity (Wildman–Crippen MR) is 114 cm³/mol. The summed E-state index contributed by atoms with van der Waals surface area (Å²) < 4.78 is 5.16. The number of nitrogens with zero attached hydrogens (tertiary/aromatic N) is 1. The maximum atomic E-state index is 12.6. The van der Waals surface area contributed by atoms with Gasteiger partial charge in [-0.3, -0.25) is 4.79 Å². The Morgan fingerprint density at radius 3 is 2.32 bits per heavy atom. The second kappa shape index (κ2) is 9.19. The number of carbonyl (C=O) groups is 2.